The van der Waals surface area contributed by atoms with Gasteiger partial charge in [0.1, 0.15) is 12.1 Å². The number of nitrogens with one attached hydrogen (secondary N) is 1. The summed E-state index contributed by atoms with van der Waals surface area (Å²) in [5.41, 5.74) is 2.37. The third-order valence-electron chi connectivity index (χ3n) is 2.96. The van der Waals surface area contributed by atoms with E-state index in [1.165, 1.54) is 13.4 Å². The summed E-state index contributed by atoms with van der Waals surface area (Å²) in [7, 11) is 1.54. The Kier molecular flexibility index (Phi) is 3.84. The van der Waals surface area contributed by atoms with E-state index in [0.29, 0.717) is 22.9 Å². The number of methoxy groups -OCH3 is 1. The highest BCUT2D eigenvalue weighted by atomic mass is 16.5. The van der Waals surface area contributed by atoms with Gasteiger partial charge in [-0.3, -0.25) is 0 Å². The predicted octanol–water partition coefficient (Wildman–Crippen LogP) is 2.54. The van der Waals surface area contributed by atoms with Crippen molar-refractivity contribution in [3.8, 4) is 5.88 Å². The second-order valence-electron chi connectivity index (χ2n) is 4.32. The van der Waals surface area contributed by atoms with Gasteiger partial charge in [0.05, 0.1) is 18.2 Å². The van der Waals surface area contributed by atoms with E-state index >= 15 is 0 Å². The van der Waals surface area contributed by atoms with E-state index in [-0.39, 0.29) is 5.56 Å². The molecule has 20 heavy (non-hydrogen) atoms. The van der Waals surface area contributed by atoms with Crippen molar-refractivity contribution in [2.45, 2.75) is 13.8 Å². The van der Waals surface area contributed by atoms with Gasteiger partial charge in [-0.05, 0) is 31.5 Å². The van der Waals surface area contributed by atoms with Crippen molar-refractivity contribution < 1.29 is 14.6 Å². The Balaban J connectivity index is 2.35. The first-order valence-corrected chi connectivity index (χ1v) is 5.99. The quantitative estimate of drug-likeness (QED) is 0.890. The van der Waals surface area contributed by atoms with Crippen molar-refractivity contribution in [3.63, 3.8) is 0 Å². The van der Waals surface area contributed by atoms with Crippen LogP contribution in [0.5, 0.6) is 5.88 Å². The van der Waals surface area contributed by atoms with Crippen molar-refractivity contribution in [1.29, 1.82) is 0 Å². The highest BCUT2D eigenvalue weighted by Crippen LogP contribution is 2.24. The summed E-state index contributed by atoms with van der Waals surface area (Å²) in [5, 5.41) is 12.2. The number of ether oxygens (including phenoxy) is 1. The van der Waals surface area contributed by atoms with Gasteiger partial charge in [0.25, 0.3) is 0 Å². The molecular formula is C14H15N3O3. The number of rotatable bonds is 4. The number of carboxylic acids is 1. The Labute approximate surface area is 116 Å². The fourth-order valence-corrected chi connectivity index (χ4v) is 1.83. The predicted molar refractivity (Wildman–Crippen MR) is 74.7 cm³/mol. The van der Waals surface area contributed by atoms with Gasteiger partial charge in [0.15, 0.2) is 0 Å². The number of nitrogens with zero attached hydrogens (tertiary/aromatic N) is 2. The van der Waals surface area contributed by atoms with Crippen LogP contribution in [-0.2, 0) is 0 Å². The number of hydrogen-bond acceptors (Lipinski definition) is 5. The zero-order valence-corrected chi connectivity index (χ0v) is 11.5. The average Bonchev–Trinajstić information content (AvgIpc) is 2.43. The van der Waals surface area contributed by atoms with Crippen LogP contribution in [-0.4, -0.2) is 28.2 Å². The van der Waals surface area contributed by atoms with Crippen molar-refractivity contribution >= 4 is 17.5 Å². The molecule has 0 atom stereocenters. The minimum absolute atomic E-state index is 0.258. The number of aromatic nitrogens is 2. The van der Waals surface area contributed by atoms with E-state index < -0.39 is 5.97 Å². The highest BCUT2D eigenvalue weighted by Gasteiger charge is 2.10. The molecule has 6 heteroatoms. The lowest BCUT2D eigenvalue weighted by Gasteiger charge is -2.11. The minimum Gasteiger partial charge on any atom is -0.481 e. The lowest BCUT2D eigenvalue weighted by molar-refractivity contribution is 0.0696. The Morgan fingerprint density at radius 1 is 1.30 bits per heavy atom. The van der Waals surface area contributed by atoms with Gasteiger partial charge in [-0.1, -0.05) is 6.07 Å². The lowest BCUT2D eigenvalue weighted by atomic mass is 10.1. The lowest BCUT2D eigenvalue weighted by Crippen LogP contribution is -2.03. The Morgan fingerprint density at radius 2 is 2.05 bits per heavy atom. The van der Waals surface area contributed by atoms with E-state index in [1.54, 1.807) is 25.1 Å². The molecule has 0 aliphatic rings. The third-order valence-corrected chi connectivity index (χ3v) is 2.96. The summed E-state index contributed by atoms with van der Waals surface area (Å²) < 4.78 is 5.12. The van der Waals surface area contributed by atoms with Gasteiger partial charge in [0, 0.05) is 5.69 Å². The van der Waals surface area contributed by atoms with Gasteiger partial charge >= 0.3 is 5.97 Å². The molecule has 2 aromatic rings. The van der Waals surface area contributed by atoms with Crippen LogP contribution in [0.4, 0.5) is 11.5 Å². The van der Waals surface area contributed by atoms with E-state index in [2.05, 4.69) is 15.3 Å². The summed E-state index contributed by atoms with van der Waals surface area (Å²) in [6, 6.07) is 5.13. The van der Waals surface area contributed by atoms with Gasteiger partial charge in [-0.25, -0.2) is 14.8 Å². The molecule has 104 valence electrons. The summed E-state index contributed by atoms with van der Waals surface area (Å²) >= 11 is 0. The second-order valence-corrected chi connectivity index (χ2v) is 4.32. The van der Waals surface area contributed by atoms with Crippen LogP contribution in [0, 0.1) is 13.8 Å². The van der Waals surface area contributed by atoms with Crippen LogP contribution < -0.4 is 10.1 Å². The molecule has 0 aliphatic carbocycles. The first-order valence-electron chi connectivity index (χ1n) is 5.99. The standard InChI is InChI=1S/C14H15N3O3/c1-8-4-5-10(6-11(8)14(18)19)17-12-9(2)13(20-3)16-7-15-12/h4-7H,1-3H3,(H,18,19)(H,15,16,17). The number of carbonyl (C=O) groups is 1. The average molecular weight is 273 g/mol. The number of hydrogen-bond donors (Lipinski definition) is 2. The normalized spacial score (nSPS) is 10.2. The molecule has 0 amide bonds. The third kappa shape index (κ3) is 2.69. The molecule has 0 saturated heterocycles. The molecule has 1 aromatic carbocycles. The molecule has 1 heterocycles. The smallest absolute Gasteiger partial charge is 0.336 e. The SMILES string of the molecule is COc1ncnc(Nc2ccc(C)c(C(=O)O)c2)c1C. The van der Waals surface area contributed by atoms with Crippen molar-refractivity contribution in [3.05, 3.63) is 41.2 Å². The molecule has 0 saturated carbocycles. The summed E-state index contributed by atoms with van der Waals surface area (Å²) in [6.45, 7) is 3.58. The summed E-state index contributed by atoms with van der Waals surface area (Å²) in [6.07, 6.45) is 1.39. The van der Waals surface area contributed by atoms with Crippen LogP contribution in [0.2, 0.25) is 0 Å². The van der Waals surface area contributed by atoms with Gasteiger partial charge < -0.3 is 15.2 Å². The molecule has 0 unspecified atom stereocenters. The first kappa shape index (κ1) is 13.8. The molecule has 0 bridgehead atoms. The summed E-state index contributed by atoms with van der Waals surface area (Å²) in [5.74, 6) is 0.105. The molecule has 0 spiro atoms. The zero-order valence-electron chi connectivity index (χ0n) is 11.5. The molecule has 2 N–H and O–H groups in total. The maximum absolute atomic E-state index is 11.1. The fourth-order valence-electron chi connectivity index (χ4n) is 1.83. The minimum atomic E-state index is -0.955. The zero-order chi connectivity index (χ0) is 14.7. The Bertz CT molecular complexity index is 656. The Hall–Kier alpha value is -2.63. The summed E-state index contributed by atoms with van der Waals surface area (Å²) in [4.78, 5) is 19.2. The van der Waals surface area contributed by atoms with Crippen LogP contribution in [0.3, 0.4) is 0 Å². The molecule has 2 rings (SSSR count). The van der Waals surface area contributed by atoms with E-state index in [9.17, 15) is 4.79 Å². The maximum atomic E-state index is 11.1. The molecule has 6 nitrogen and oxygen atoms in total. The molecular weight excluding hydrogens is 258 g/mol. The van der Waals surface area contributed by atoms with Crippen molar-refractivity contribution in [2.24, 2.45) is 0 Å². The first-order chi connectivity index (χ1) is 9.52. The molecule has 0 radical (unpaired) electrons. The van der Waals surface area contributed by atoms with E-state index in [4.69, 9.17) is 9.84 Å². The van der Waals surface area contributed by atoms with Crippen LogP contribution in [0.15, 0.2) is 24.5 Å². The monoisotopic (exact) mass is 273 g/mol. The number of benzene rings is 1. The molecule has 0 aliphatic heterocycles. The highest BCUT2D eigenvalue weighted by molar-refractivity contribution is 5.90. The largest absolute Gasteiger partial charge is 0.481 e. The van der Waals surface area contributed by atoms with Crippen molar-refractivity contribution in [1.82, 2.24) is 9.97 Å². The van der Waals surface area contributed by atoms with Crippen LogP contribution >= 0.6 is 0 Å². The number of carboxylic acid groups (broad SMARTS) is 1. The van der Waals surface area contributed by atoms with Crippen molar-refractivity contribution in [2.75, 3.05) is 12.4 Å². The molecule has 0 fully saturated rings. The number of aryl methyl sites for hydroxylation is 1. The maximum Gasteiger partial charge on any atom is 0.336 e. The van der Waals surface area contributed by atoms with Gasteiger partial charge in [-0.2, -0.15) is 0 Å². The van der Waals surface area contributed by atoms with Gasteiger partial charge in [0.2, 0.25) is 5.88 Å². The topological polar surface area (TPSA) is 84.3 Å². The van der Waals surface area contributed by atoms with Crippen LogP contribution in [0.25, 0.3) is 0 Å². The van der Waals surface area contributed by atoms with Gasteiger partial charge in [-0.15, -0.1) is 0 Å². The Morgan fingerprint density at radius 3 is 2.70 bits per heavy atom. The van der Waals surface area contributed by atoms with E-state index in [1.807, 2.05) is 6.92 Å². The van der Waals surface area contributed by atoms with E-state index in [0.717, 1.165) is 5.56 Å². The number of anilines is 2. The second kappa shape index (κ2) is 5.56. The number of aromatic carboxylic acids is 1. The molecule has 1 aromatic heterocycles. The fraction of sp³-hybridized carbons (Fsp3) is 0.214. The van der Waals surface area contributed by atoms with Crippen LogP contribution in [0.1, 0.15) is 21.5 Å².